The van der Waals surface area contributed by atoms with Crippen LogP contribution in [0.25, 0.3) is 16.3 Å². The summed E-state index contributed by atoms with van der Waals surface area (Å²) >= 11 is 1.68. The topological polar surface area (TPSA) is 78.2 Å². The second-order valence-electron chi connectivity index (χ2n) is 7.60. The zero-order chi connectivity index (χ0) is 20.0. The zero-order valence-electron chi connectivity index (χ0n) is 15.9. The Morgan fingerprint density at radius 1 is 1.17 bits per heavy atom. The SMILES string of the molecule is Nc1cc(F)cc2c(=O)[nH]c(C3=CC(N4CCN(c5nccs5)CC4)CC3)cc12. The van der Waals surface area contributed by atoms with E-state index in [1.807, 2.05) is 17.6 Å². The number of piperazine rings is 1. The average Bonchev–Trinajstić information content (AvgIpc) is 3.41. The van der Waals surface area contributed by atoms with Crippen molar-refractivity contribution in [3.63, 3.8) is 0 Å². The Balaban J connectivity index is 1.36. The summed E-state index contributed by atoms with van der Waals surface area (Å²) in [5.41, 5.74) is 7.86. The Bertz CT molecular complexity index is 1130. The summed E-state index contributed by atoms with van der Waals surface area (Å²) in [5, 5.41) is 4.00. The van der Waals surface area contributed by atoms with Crippen LogP contribution < -0.4 is 16.2 Å². The van der Waals surface area contributed by atoms with E-state index in [1.54, 1.807) is 11.3 Å². The lowest BCUT2D eigenvalue weighted by molar-refractivity contribution is 0.214. The standard InChI is InChI=1S/C21H22FN5OS/c22-14-10-17-16(18(23)11-14)12-19(25-20(17)28)13-1-2-15(9-13)26-4-6-27(7-5-26)21-24-3-8-29-21/h3,8-12,15H,1-2,4-7,23H2,(H,25,28). The molecule has 2 aromatic heterocycles. The van der Waals surface area contributed by atoms with E-state index >= 15 is 0 Å². The third-order valence-corrected chi connectivity index (χ3v) is 6.71. The highest BCUT2D eigenvalue weighted by Gasteiger charge is 2.27. The molecule has 1 unspecified atom stereocenters. The molecule has 0 bridgehead atoms. The van der Waals surface area contributed by atoms with Gasteiger partial charge in [-0.3, -0.25) is 9.69 Å². The number of nitrogens with one attached hydrogen (secondary N) is 1. The summed E-state index contributed by atoms with van der Waals surface area (Å²) in [6.45, 7) is 3.94. The monoisotopic (exact) mass is 411 g/mol. The molecule has 0 spiro atoms. The molecule has 1 atom stereocenters. The number of allylic oxidation sites excluding steroid dienone is 1. The number of nitrogens with zero attached hydrogens (tertiary/aromatic N) is 3. The Morgan fingerprint density at radius 2 is 2.00 bits per heavy atom. The highest BCUT2D eigenvalue weighted by atomic mass is 32.1. The van der Waals surface area contributed by atoms with E-state index in [-0.39, 0.29) is 5.56 Å². The fraction of sp³-hybridized carbons (Fsp3) is 0.333. The van der Waals surface area contributed by atoms with E-state index in [0.717, 1.165) is 55.4 Å². The highest BCUT2D eigenvalue weighted by Crippen LogP contribution is 2.32. The first-order valence-electron chi connectivity index (χ1n) is 9.80. The molecule has 1 aliphatic heterocycles. The van der Waals surface area contributed by atoms with Crippen LogP contribution in [0.4, 0.5) is 15.2 Å². The number of nitrogen functional groups attached to an aromatic ring is 1. The summed E-state index contributed by atoms with van der Waals surface area (Å²) in [5.74, 6) is -0.495. The molecule has 2 aliphatic rings. The number of H-pyrrole nitrogens is 1. The van der Waals surface area contributed by atoms with Crippen molar-refractivity contribution in [1.29, 1.82) is 0 Å². The van der Waals surface area contributed by atoms with Crippen LogP contribution in [0.1, 0.15) is 18.5 Å². The number of thiazole rings is 1. The van der Waals surface area contributed by atoms with Gasteiger partial charge in [-0.05, 0) is 36.6 Å². The molecule has 6 nitrogen and oxygen atoms in total. The van der Waals surface area contributed by atoms with Crippen LogP contribution in [-0.4, -0.2) is 47.1 Å². The van der Waals surface area contributed by atoms with Crippen molar-refractivity contribution in [2.45, 2.75) is 18.9 Å². The van der Waals surface area contributed by atoms with Gasteiger partial charge in [0.15, 0.2) is 5.13 Å². The first kappa shape index (κ1) is 18.3. The van der Waals surface area contributed by atoms with Crippen LogP contribution in [-0.2, 0) is 0 Å². The molecule has 3 N–H and O–H groups in total. The molecule has 1 saturated heterocycles. The van der Waals surface area contributed by atoms with Gasteiger partial charge in [0.1, 0.15) is 5.82 Å². The van der Waals surface area contributed by atoms with Gasteiger partial charge < -0.3 is 15.6 Å². The van der Waals surface area contributed by atoms with Gasteiger partial charge in [-0.2, -0.15) is 0 Å². The molecule has 1 fully saturated rings. The van der Waals surface area contributed by atoms with Crippen LogP contribution >= 0.6 is 11.3 Å². The molecule has 1 aliphatic carbocycles. The largest absolute Gasteiger partial charge is 0.398 e. The minimum Gasteiger partial charge on any atom is -0.398 e. The minimum absolute atomic E-state index is 0.291. The van der Waals surface area contributed by atoms with Gasteiger partial charge in [-0.1, -0.05) is 6.08 Å². The molecule has 29 heavy (non-hydrogen) atoms. The lowest BCUT2D eigenvalue weighted by atomic mass is 10.1. The second kappa shape index (κ2) is 7.27. The van der Waals surface area contributed by atoms with E-state index < -0.39 is 5.82 Å². The summed E-state index contributed by atoms with van der Waals surface area (Å²) < 4.78 is 13.6. The summed E-state index contributed by atoms with van der Waals surface area (Å²) in [6.07, 6.45) is 6.05. The molecule has 3 heterocycles. The number of halogens is 1. The Morgan fingerprint density at radius 3 is 2.76 bits per heavy atom. The molecule has 0 saturated carbocycles. The highest BCUT2D eigenvalue weighted by molar-refractivity contribution is 7.13. The lowest BCUT2D eigenvalue weighted by Gasteiger charge is -2.37. The molecular weight excluding hydrogens is 389 g/mol. The maximum absolute atomic E-state index is 13.6. The van der Waals surface area contributed by atoms with Gasteiger partial charge in [-0.15, -0.1) is 11.3 Å². The molecular formula is C21H22FN5OS. The van der Waals surface area contributed by atoms with Gasteiger partial charge in [0.05, 0.1) is 5.39 Å². The van der Waals surface area contributed by atoms with Crippen molar-refractivity contribution in [2.24, 2.45) is 0 Å². The number of aromatic nitrogens is 2. The maximum Gasteiger partial charge on any atom is 0.256 e. The molecule has 0 radical (unpaired) electrons. The molecule has 1 aromatic carbocycles. The van der Waals surface area contributed by atoms with Crippen LogP contribution in [0.15, 0.2) is 40.6 Å². The predicted molar refractivity (Wildman–Crippen MR) is 116 cm³/mol. The van der Waals surface area contributed by atoms with E-state index in [4.69, 9.17) is 5.73 Å². The van der Waals surface area contributed by atoms with Gasteiger partial charge in [0.2, 0.25) is 0 Å². The molecule has 0 amide bonds. The maximum atomic E-state index is 13.6. The zero-order valence-corrected chi connectivity index (χ0v) is 16.7. The Kier molecular flexibility index (Phi) is 4.60. The van der Waals surface area contributed by atoms with E-state index in [9.17, 15) is 9.18 Å². The van der Waals surface area contributed by atoms with Crippen LogP contribution in [0.5, 0.6) is 0 Å². The number of hydrogen-bond donors (Lipinski definition) is 2. The third kappa shape index (κ3) is 3.42. The van der Waals surface area contributed by atoms with Gasteiger partial charge in [0.25, 0.3) is 5.56 Å². The fourth-order valence-electron chi connectivity index (χ4n) is 4.36. The van der Waals surface area contributed by atoms with E-state index in [1.165, 1.54) is 12.1 Å². The fourth-order valence-corrected chi connectivity index (χ4v) is 5.06. The first-order valence-corrected chi connectivity index (χ1v) is 10.7. The minimum atomic E-state index is -0.495. The number of rotatable bonds is 3. The summed E-state index contributed by atoms with van der Waals surface area (Å²) in [7, 11) is 0. The third-order valence-electron chi connectivity index (χ3n) is 5.88. The normalized spacial score (nSPS) is 20.4. The van der Waals surface area contributed by atoms with Crippen molar-refractivity contribution in [2.75, 3.05) is 36.8 Å². The lowest BCUT2D eigenvalue weighted by Crippen LogP contribution is -2.49. The quantitative estimate of drug-likeness (QED) is 0.648. The average molecular weight is 412 g/mol. The molecule has 150 valence electrons. The summed E-state index contributed by atoms with van der Waals surface area (Å²) in [4.78, 5) is 24.6. The van der Waals surface area contributed by atoms with Crippen molar-refractivity contribution in [1.82, 2.24) is 14.9 Å². The number of fused-ring (bicyclic) bond motifs is 1. The summed E-state index contributed by atoms with van der Waals surface area (Å²) in [6, 6.07) is 4.75. The van der Waals surface area contributed by atoms with Gasteiger partial charge in [0, 0.05) is 60.6 Å². The first-order chi connectivity index (χ1) is 14.1. The number of benzene rings is 1. The number of pyridine rings is 1. The predicted octanol–water partition coefficient (Wildman–Crippen LogP) is 3.07. The van der Waals surface area contributed by atoms with Crippen LogP contribution in [0.3, 0.4) is 0 Å². The smallest absolute Gasteiger partial charge is 0.256 e. The second-order valence-corrected chi connectivity index (χ2v) is 8.48. The van der Waals surface area contributed by atoms with E-state index in [0.29, 0.717) is 22.5 Å². The number of nitrogens with two attached hydrogens (primary N) is 1. The molecule has 8 heteroatoms. The van der Waals surface area contributed by atoms with Crippen molar-refractivity contribution in [3.8, 4) is 0 Å². The molecule has 3 aromatic rings. The Hall–Kier alpha value is -2.71. The number of hydrogen-bond acceptors (Lipinski definition) is 6. The van der Waals surface area contributed by atoms with Crippen molar-refractivity contribution in [3.05, 3.63) is 57.7 Å². The van der Waals surface area contributed by atoms with Crippen molar-refractivity contribution >= 4 is 38.5 Å². The van der Waals surface area contributed by atoms with E-state index in [2.05, 4.69) is 25.8 Å². The molecule has 5 rings (SSSR count). The number of anilines is 2. The van der Waals surface area contributed by atoms with Gasteiger partial charge in [-0.25, -0.2) is 9.37 Å². The Labute approximate surface area is 171 Å². The van der Waals surface area contributed by atoms with Crippen LogP contribution in [0, 0.1) is 5.82 Å². The van der Waals surface area contributed by atoms with Crippen LogP contribution in [0.2, 0.25) is 0 Å². The van der Waals surface area contributed by atoms with Gasteiger partial charge >= 0.3 is 0 Å². The number of aromatic amines is 1. The van der Waals surface area contributed by atoms with Crippen molar-refractivity contribution < 1.29 is 4.39 Å².